The van der Waals surface area contributed by atoms with E-state index in [0.29, 0.717) is 0 Å². The highest BCUT2D eigenvalue weighted by Crippen LogP contribution is 2.35. The third-order valence-corrected chi connectivity index (χ3v) is 4.05. The van der Waals surface area contributed by atoms with Gasteiger partial charge in [0.1, 0.15) is 5.75 Å². The van der Waals surface area contributed by atoms with Crippen LogP contribution in [-0.2, 0) is 11.8 Å². The fraction of sp³-hybridized carbons (Fsp3) is 0.667. The molecule has 0 saturated heterocycles. The summed E-state index contributed by atoms with van der Waals surface area (Å²) in [4.78, 5) is 0. The highest BCUT2D eigenvalue weighted by atomic mass is 16.5. The Morgan fingerprint density at radius 3 is 2.55 bits per heavy atom. The Balaban J connectivity index is 2.17. The Morgan fingerprint density at radius 2 is 2.00 bits per heavy atom. The molecule has 1 atom stereocenters. The summed E-state index contributed by atoms with van der Waals surface area (Å²) in [5.74, 6) is 1.84. The molecule has 20 heavy (non-hydrogen) atoms. The largest absolute Gasteiger partial charge is 0.493 e. The molecule has 2 N–H and O–H groups in total. The van der Waals surface area contributed by atoms with Crippen molar-refractivity contribution in [3.05, 3.63) is 29.3 Å². The molecule has 1 aliphatic carbocycles. The second kappa shape index (κ2) is 6.17. The van der Waals surface area contributed by atoms with Gasteiger partial charge in [0.25, 0.3) is 0 Å². The SMILES string of the molecule is CCC(N)Cc1ccc(OCC2CC2)c(C(C)(C)C)c1. The number of hydrogen-bond acceptors (Lipinski definition) is 2. The molecule has 0 bridgehead atoms. The van der Waals surface area contributed by atoms with Gasteiger partial charge >= 0.3 is 0 Å². The van der Waals surface area contributed by atoms with E-state index in [-0.39, 0.29) is 11.5 Å². The van der Waals surface area contributed by atoms with Gasteiger partial charge in [-0.2, -0.15) is 0 Å². The molecule has 2 nitrogen and oxygen atoms in total. The maximum Gasteiger partial charge on any atom is 0.123 e. The van der Waals surface area contributed by atoms with Crippen molar-refractivity contribution < 1.29 is 4.74 Å². The Labute approximate surface area is 123 Å². The monoisotopic (exact) mass is 275 g/mol. The van der Waals surface area contributed by atoms with Gasteiger partial charge in [-0.1, -0.05) is 39.8 Å². The number of rotatable bonds is 6. The van der Waals surface area contributed by atoms with Crippen LogP contribution in [0.3, 0.4) is 0 Å². The van der Waals surface area contributed by atoms with Gasteiger partial charge in [-0.25, -0.2) is 0 Å². The molecular formula is C18H29NO. The Bertz CT molecular complexity index is 443. The Morgan fingerprint density at radius 1 is 1.30 bits per heavy atom. The van der Waals surface area contributed by atoms with Crippen molar-refractivity contribution in [2.45, 2.75) is 64.8 Å². The van der Waals surface area contributed by atoms with Crippen molar-refractivity contribution in [2.75, 3.05) is 6.61 Å². The lowest BCUT2D eigenvalue weighted by molar-refractivity contribution is 0.292. The third kappa shape index (κ3) is 4.24. The molecule has 1 fully saturated rings. The molecule has 0 amide bonds. The van der Waals surface area contributed by atoms with Crippen molar-refractivity contribution >= 4 is 0 Å². The van der Waals surface area contributed by atoms with E-state index in [0.717, 1.165) is 31.1 Å². The highest BCUT2D eigenvalue weighted by molar-refractivity contribution is 5.42. The molecule has 0 spiro atoms. The summed E-state index contributed by atoms with van der Waals surface area (Å²) in [5, 5.41) is 0. The van der Waals surface area contributed by atoms with Gasteiger partial charge in [0.15, 0.2) is 0 Å². The zero-order valence-electron chi connectivity index (χ0n) is 13.4. The smallest absolute Gasteiger partial charge is 0.123 e. The van der Waals surface area contributed by atoms with Crippen molar-refractivity contribution in [1.29, 1.82) is 0 Å². The highest BCUT2D eigenvalue weighted by Gasteiger charge is 2.24. The molecule has 112 valence electrons. The van der Waals surface area contributed by atoms with Crippen LogP contribution in [0, 0.1) is 5.92 Å². The summed E-state index contributed by atoms with van der Waals surface area (Å²) in [6.07, 6.45) is 4.62. The quantitative estimate of drug-likeness (QED) is 0.850. The van der Waals surface area contributed by atoms with Gasteiger partial charge in [0.2, 0.25) is 0 Å². The zero-order valence-corrected chi connectivity index (χ0v) is 13.4. The predicted molar refractivity (Wildman–Crippen MR) is 85.3 cm³/mol. The molecule has 1 saturated carbocycles. The van der Waals surface area contributed by atoms with Crippen molar-refractivity contribution in [2.24, 2.45) is 11.7 Å². The topological polar surface area (TPSA) is 35.2 Å². The van der Waals surface area contributed by atoms with E-state index in [1.54, 1.807) is 0 Å². The van der Waals surface area contributed by atoms with Crippen LogP contribution in [0.1, 0.15) is 58.1 Å². The van der Waals surface area contributed by atoms with Crippen LogP contribution in [-0.4, -0.2) is 12.6 Å². The molecule has 0 aliphatic heterocycles. The standard InChI is InChI=1S/C18H29NO/c1-5-15(19)10-14-8-9-17(20-12-13-6-7-13)16(11-14)18(2,3)4/h8-9,11,13,15H,5-7,10,12,19H2,1-4H3. The van der Waals surface area contributed by atoms with Gasteiger partial charge in [-0.05, 0) is 54.2 Å². The van der Waals surface area contributed by atoms with Gasteiger partial charge in [-0.15, -0.1) is 0 Å². The van der Waals surface area contributed by atoms with Crippen LogP contribution in [0.15, 0.2) is 18.2 Å². The molecule has 1 aliphatic rings. The van der Waals surface area contributed by atoms with Crippen molar-refractivity contribution in [3.63, 3.8) is 0 Å². The normalized spacial score (nSPS) is 17.1. The second-order valence-corrected chi connectivity index (χ2v) is 7.21. The minimum Gasteiger partial charge on any atom is -0.493 e. The molecular weight excluding hydrogens is 246 g/mol. The molecule has 1 unspecified atom stereocenters. The summed E-state index contributed by atoms with van der Waals surface area (Å²) >= 11 is 0. The molecule has 0 aromatic heterocycles. The summed E-state index contributed by atoms with van der Waals surface area (Å²) in [6, 6.07) is 6.85. The molecule has 2 heteroatoms. The molecule has 1 aromatic carbocycles. The number of ether oxygens (including phenoxy) is 1. The number of hydrogen-bond donors (Lipinski definition) is 1. The second-order valence-electron chi connectivity index (χ2n) is 7.21. The summed E-state index contributed by atoms with van der Waals surface area (Å²) < 4.78 is 6.04. The first-order chi connectivity index (χ1) is 9.40. The van der Waals surface area contributed by atoms with Gasteiger partial charge in [0.05, 0.1) is 6.61 Å². The molecule has 0 heterocycles. The first-order valence-electron chi connectivity index (χ1n) is 7.92. The van der Waals surface area contributed by atoms with Crippen LogP contribution < -0.4 is 10.5 Å². The van der Waals surface area contributed by atoms with E-state index in [4.69, 9.17) is 10.5 Å². The van der Waals surface area contributed by atoms with E-state index in [9.17, 15) is 0 Å². The predicted octanol–water partition coefficient (Wildman–Crippen LogP) is 4.05. The maximum absolute atomic E-state index is 6.08. The summed E-state index contributed by atoms with van der Waals surface area (Å²) in [7, 11) is 0. The van der Waals surface area contributed by atoms with Gasteiger partial charge in [0, 0.05) is 6.04 Å². The number of nitrogens with two attached hydrogens (primary N) is 1. The van der Waals surface area contributed by atoms with Crippen molar-refractivity contribution in [3.8, 4) is 5.75 Å². The van der Waals surface area contributed by atoms with Gasteiger partial charge < -0.3 is 10.5 Å². The minimum atomic E-state index is 0.102. The van der Waals surface area contributed by atoms with Crippen LogP contribution in [0.2, 0.25) is 0 Å². The van der Waals surface area contributed by atoms with E-state index < -0.39 is 0 Å². The average Bonchev–Trinajstić information content (AvgIpc) is 3.20. The van der Waals surface area contributed by atoms with Crippen LogP contribution >= 0.6 is 0 Å². The minimum absolute atomic E-state index is 0.102. The zero-order chi connectivity index (χ0) is 14.8. The molecule has 0 radical (unpaired) electrons. The molecule has 1 aromatic rings. The van der Waals surface area contributed by atoms with Gasteiger partial charge in [-0.3, -0.25) is 0 Å². The first kappa shape index (κ1) is 15.4. The van der Waals surface area contributed by atoms with Crippen LogP contribution in [0.25, 0.3) is 0 Å². The number of benzene rings is 1. The fourth-order valence-electron chi connectivity index (χ4n) is 2.36. The molecule has 2 rings (SSSR count). The summed E-state index contributed by atoms with van der Waals surface area (Å²) in [6.45, 7) is 9.75. The third-order valence-electron chi connectivity index (χ3n) is 4.05. The average molecular weight is 275 g/mol. The van der Waals surface area contributed by atoms with Crippen LogP contribution in [0.5, 0.6) is 5.75 Å². The van der Waals surface area contributed by atoms with E-state index in [1.165, 1.54) is 24.0 Å². The van der Waals surface area contributed by atoms with E-state index in [2.05, 4.69) is 45.9 Å². The van der Waals surface area contributed by atoms with Crippen molar-refractivity contribution in [1.82, 2.24) is 0 Å². The lowest BCUT2D eigenvalue weighted by Crippen LogP contribution is -2.22. The maximum atomic E-state index is 6.08. The van der Waals surface area contributed by atoms with E-state index in [1.807, 2.05) is 0 Å². The Kier molecular flexibility index (Phi) is 4.74. The summed E-state index contributed by atoms with van der Waals surface area (Å²) in [5.41, 5.74) is 8.81. The Hall–Kier alpha value is -1.02. The first-order valence-corrected chi connectivity index (χ1v) is 7.92. The van der Waals surface area contributed by atoms with Crippen LogP contribution in [0.4, 0.5) is 0 Å². The lowest BCUT2D eigenvalue weighted by Gasteiger charge is -2.24. The fourth-order valence-corrected chi connectivity index (χ4v) is 2.36. The van der Waals surface area contributed by atoms with E-state index >= 15 is 0 Å². The lowest BCUT2D eigenvalue weighted by atomic mass is 9.84.